The third-order valence-electron chi connectivity index (χ3n) is 4.65. The summed E-state index contributed by atoms with van der Waals surface area (Å²) in [5, 5.41) is 3.26. The maximum absolute atomic E-state index is 13.7. The molecule has 1 fully saturated rings. The fourth-order valence-corrected chi connectivity index (χ4v) is 3.44. The van der Waals surface area contributed by atoms with E-state index in [4.69, 9.17) is 0 Å². The van der Waals surface area contributed by atoms with Crippen LogP contribution in [0.5, 0.6) is 0 Å². The third kappa shape index (κ3) is 3.14. The van der Waals surface area contributed by atoms with E-state index < -0.39 is 12.0 Å². The lowest BCUT2D eigenvalue weighted by atomic mass is 10.2. The molecule has 1 aliphatic rings. The quantitative estimate of drug-likeness (QED) is 0.776. The molecule has 1 aliphatic heterocycles. The highest BCUT2D eigenvalue weighted by atomic mass is 19.4. The number of alkyl halides is 3. The molecule has 3 aromatic rings. The maximum Gasteiger partial charge on any atom is 0.449 e. The Morgan fingerprint density at radius 2 is 1.69 bits per heavy atom. The van der Waals surface area contributed by atoms with Gasteiger partial charge in [-0.05, 0) is 17.7 Å². The Morgan fingerprint density at radius 3 is 2.38 bits per heavy atom. The van der Waals surface area contributed by atoms with E-state index in [0.29, 0.717) is 11.0 Å². The molecule has 0 saturated carbocycles. The van der Waals surface area contributed by atoms with Gasteiger partial charge in [0.25, 0.3) is 0 Å². The maximum atomic E-state index is 13.7. The highest BCUT2D eigenvalue weighted by molar-refractivity contribution is 5.89. The summed E-state index contributed by atoms with van der Waals surface area (Å²) in [6, 6.07) is 14.5. The predicted octanol–water partition coefficient (Wildman–Crippen LogP) is 3.51. The molecule has 4 rings (SSSR count). The van der Waals surface area contributed by atoms with Gasteiger partial charge in [-0.25, -0.2) is 4.98 Å². The van der Waals surface area contributed by atoms with E-state index in [1.54, 1.807) is 6.07 Å². The van der Waals surface area contributed by atoms with Crippen LogP contribution >= 0.6 is 0 Å². The fourth-order valence-electron chi connectivity index (χ4n) is 3.44. The van der Waals surface area contributed by atoms with Gasteiger partial charge in [0.15, 0.2) is 0 Å². The first kappa shape index (κ1) is 16.9. The SMILES string of the molecule is FC(F)(F)c1nc2c(N3CCNCC3)cccc2n1Cc1ccccc1. The van der Waals surface area contributed by atoms with E-state index in [1.165, 1.54) is 4.57 Å². The molecule has 1 N–H and O–H groups in total. The molecule has 4 nitrogen and oxygen atoms in total. The highest BCUT2D eigenvalue weighted by Crippen LogP contribution is 2.35. The number of benzene rings is 2. The van der Waals surface area contributed by atoms with Crippen LogP contribution in [0, 0.1) is 0 Å². The van der Waals surface area contributed by atoms with Crippen LogP contribution in [0.2, 0.25) is 0 Å². The second kappa shape index (κ2) is 6.64. The molecule has 2 heterocycles. The molecule has 0 spiro atoms. The molecular formula is C19H19F3N4. The number of rotatable bonds is 3. The molecule has 7 heteroatoms. The van der Waals surface area contributed by atoms with Crippen molar-refractivity contribution in [1.29, 1.82) is 0 Å². The molecule has 0 radical (unpaired) electrons. The predicted molar refractivity (Wildman–Crippen MR) is 95.4 cm³/mol. The first-order chi connectivity index (χ1) is 12.5. The van der Waals surface area contributed by atoms with Crippen molar-refractivity contribution in [2.75, 3.05) is 31.1 Å². The number of halogens is 3. The number of piperazine rings is 1. The van der Waals surface area contributed by atoms with Crippen LogP contribution in [0.25, 0.3) is 11.0 Å². The minimum absolute atomic E-state index is 0.136. The third-order valence-corrected chi connectivity index (χ3v) is 4.65. The molecular weight excluding hydrogens is 341 g/mol. The summed E-state index contributed by atoms with van der Waals surface area (Å²) in [5.74, 6) is -0.848. The van der Waals surface area contributed by atoms with Crippen LogP contribution in [0.4, 0.5) is 18.9 Å². The first-order valence-electron chi connectivity index (χ1n) is 8.60. The number of imidazole rings is 1. The monoisotopic (exact) mass is 360 g/mol. The first-order valence-corrected chi connectivity index (χ1v) is 8.60. The van der Waals surface area contributed by atoms with E-state index >= 15 is 0 Å². The molecule has 0 unspecified atom stereocenters. The Bertz CT molecular complexity index is 896. The molecule has 0 atom stereocenters. The average molecular weight is 360 g/mol. The van der Waals surface area contributed by atoms with Gasteiger partial charge in [-0.1, -0.05) is 36.4 Å². The summed E-state index contributed by atoms with van der Waals surface area (Å²) >= 11 is 0. The van der Waals surface area contributed by atoms with Crippen molar-refractivity contribution in [3.63, 3.8) is 0 Å². The summed E-state index contributed by atoms with van der Waals surface area (Å²) in [7, 11) is 0. The van der Waals surface area contributed by atoms with Crippen LogP contribution in [-0.4, -0.2) is 35.7 Å². The Balaban J connectivity index is 1.86. The minimum atomic E-state index is -4.51. The summed E-state index contributed by atoms with van der Waals surface area (Å²) < 4.78 is 42.2. The van der Waals surface area contributed by atoms with E-state index in [0.717, 1.165) is 37.4 Å². The second-order valence-electron chi connectivity index (χ2n) is 6.39. The number of hydrogen-bond acceptors (Lipinski definition) is 3. The number of nitrogens with zero attached hydrogens (tertiary/aromatic N) is 3. The molecule has 1 saturated heterocycles. The van der Waals surface area contributed by atoms with E-state index in [1.807, 2.05) is 42.5 Å². The Kier molecular flexibility index (Phi) is 4.32. The topological polar surface area (TPSA) is 33.1 Å². The lowest BCUT2D eigenvalue weighted by molar-refractivity contribution is -0.146. The van der Waals surface area contributed by atoms with Crippen molar-refractivity contribution >= 4 is 16.7 Å². The number of aromatic nitrogens is 2. The molecule has 0 amide bonds. The van der Waals surface area contributed by atoms with Gasteiger partial charge in [0.05, 0.1) is 11.2 Å². The summed E-state index contributed by atoms with van der Waals surface area (Å²) in [6.07, 6.45) is -4.51. The largest absolute Gasteiger partial charge is 0.449 e. The zero-order valence-electron chi connectivity index (χ0n) is 14.1. The summed E-state index contributed by atoms with van der Waals surface area (Å²) in [6.45, 7) is 3.27. The second-order valence-corrected chi connectivity index (χ2v) is 6.39. The van der Waals surface area contributed by atoms with Crippen molar-refractivity contribution in [2.45, 2.75) is 12.7 Å². The van der Waals surface area contributed by atoms with Crippen LogP contribution in [0.1, 0.15) is 11.4 Å². The molecule has 26 heavy (non-hydrogen) atoms. The normalized spacial score (nSPS) is 15.6. The number of nitrogens with one attached hydrogen (secondary N) is 1. The van der Waals surface area contributed by atoms with Crippen molar-refractivity contribution in [2.24, 2.45) is 0 Å². The van der Waals surface area contributed by atoms with Crippen LogP contribution in [0.3, 0.4) is 0 Å². The Morgan fingerprint density at radius 1 is 0.962 bits per heavy atom. The lowest BCUT2D eigenvalue weighted by Gasteiger charge is -2.29. The van der Waals surface area contributed by atoms with E-state index in [-0.39, 0.29) is 6.54 Å². The minimum Gasteiger partial charge on any atom is -0.367 e. The molecule has 1 aromatic heterocycles. The molecule has 136 valence electrons. The fraction of sp³-hybridized carbons (Fsp3) is 0.316. The van der Waals surface area contributed by atoms with Gasteiger partial charge in [0.1, 0.15) is 5.52 Å². The zero-order valence-corrected chi connectivity index (χ0v) is 14.1. The number of anilines is 1. The standard InChI is InChI=1S/C19H19F3N4/c20-19(21,22)18-24-17-15(25-11-9-23-10-12-25)7-4-8-16(17)26(18)13-14-5-2-1-3-6-14/h1-8,23H,9-13H2. The van der Waals surface area contributed by atoms with Gasteiger partial charge in [-0.3, -0.25) is 0 Å². The summed E-state index contributed by atoms with van der Waals surface area (Å²) in [4.78, 5) is 6.13. The molecule has 2 aromatic carbocycles. The van der Waals surface area contributed by atoms with Gasteiger partial charge in [0, 0.05) is 32.7 Å². The number of hydrogen-bond donors (Lipinski definition) is 1. The molecule has 0 bridgehead atoms. The molecule has 0 aliphatic carbocycles. The van der Waals surface area contributed by atoms with Crippen LogP contribution in [-0.2, 0) is 12.7 Å². The Hall–Kier alpha value is -2.54. The number of para-hydroxylation sites is 1. The van der Waals surface area contributed by atoms with E-state index in [2.05, 4.69) is 15.2 Å². The van der Waals surface area contributed by atoms with Gasteiger partial charge in [-0.15, -0.1) is 0 Å². The number of fused-ring (bicyclic) bond motifs is 1. The van der Waals surface area contributed by atoms with Crippen molar-refractivity contribution in [3.8, 4) is 0 Å². The van der Waals surface area contributed by atoms with Crippen molar-refractivity contribution < 1.29 is 13.2 Å². The van der Waals surface area contributed by atoms with Gasteiger partial charge >= 0.3 is 6.18 Å². The Labute approximate surface area is 149 Å². The summed E-state index contributed by atoms with van der Waals surface area (Å²) in [5.41, 5.74) is 2.50. The van der Waals surface area contributed by atoms with Crippen molar-refractivity contribution in [3.05, 3.63) is 59.9 Å². The zero-order chi connectivity index (χ0) is 18.1. The smallest absolute Gasteiger partial charge is 0.367 e. The van der Waals surface area contributed by atoms with Crippen molar-refractivity contribution in [1.82, 2.24) is 14.9 Å². The van der Waals surface area contributed by atoms with Gasteiger partial charge in [0.2, 0.25) is 5.82 Å². The van der Waals surface area contributed by atoms with Gasteiger partial charge < -0.3 is 14.8 Å². The van der Waals surface area contributed by atoms with Crippen LogP contribution in [0.15, 0.2) is 48.5 Å². The highest BCUT2D eigenvalue weighted by Gasteiger charge is 2.38. The lowest BCUT2D eigenvalue weighted by Crippen LogP contribution is -2.43. The van der Waals surface area contributed by atoms with Crippen LogP contribution < -0.4 is 10.2 Å². The van der Waals surface area contributed by atoms with Gasteiger partial charge in [-0.2, -0.15) is 13.2 Å². The van der Waals surface area contributed by atoms with E-state index in [9.17, 15) is 13.2 Å². The average Bonchev–Trinajstić information content (AvgIpc) is 3.02.